The number of piperazine rings is 1. The van der Waals surface area contributed by atoms with E-state index in [0.717, 1.165) is 5.56 Å². The Labute approximate surface area is 227 Å². The molecule has 3 saturated heterocycles. The van der Waals surface area contributed by atoms with Gasteiger partial charge in [0.1, 0.15) is 5.69 Å². The minimum Gasteiger partial charge on any atom is -0.600 e. The van der Waals surface area contributed by atoms with Gasteiger partial charge in [-0.1, -0.05) is 50.6 Å². The van der Waals surface area contributed by atoms with Gasteiger partial charge < -0.3 is 24.3 Å². The van der Waals surface area contributed by atoms with E-state index in [4.69, 9.17) is 9.31 Å². The van der Waals surface area contributed by atoms with Crippen molar-refractivity contribution in [2.45, 2.75) is 57.1 Å². The van der Waals surface area contributed by atoms with Crippen LogP contribution >= 0.6 is 0 Å². The van der Waals surface area contributed by atoms with Gasteiger partial charge in [-0.15, -0.1) is 0 Å². The molecule has 2 N–H and O–H groups in total. The number of quaternary nitrogens is 1. The minimum atomic E-state index is -2.50. The lowest BCUT2D eigenvalue weighted by Crippen LogP contribution is -2.74. The van der Waals surface area contributed by atoms with E-state index in [1.165, 1.54) is 18.6 Å². The second-order valence-electron chi connectivity index (χ2n) is 11.4. The van der Waals surface area contributed by atoms with Crippen LogP contribution in [0.4, 0.5) is 0 Å². The summed E-state index contributed by atoms with van der Waals surface area (Å²) in [6.45, 7) is 2.28. The van der Waals surface area contributed by atoms with Crippen LogP contribution in [-0.2, 0) is 30.1 Å². The number of nitrogens with one attached hydrogen (secondary N) is 2. The number of benzene rings is 1. The highest BCUT2D eigenvalue weighted by molar-refractivity contribution is 6.68. The van der Waals surface area contributed by atoms with Crippen LogP contribution in [0.5, 0.6) is 0 Å². The molecule has 4 heterocycles. The van der Waals surface area contributed by atoms with Crippen molar-refractivity contribution in [3.63, 3.8) is 0 Å². The molecule has 0 radical (unpaired) electrons. The summed E-state index contributed by atoms with van der Waals surface area (Å²) in [5, 5.41) is 6.00. The SMILES string of the molecule is CC(C)C[C@H](CC(=O)[C@H](Cc1ccccc1)NC(=O)c1cnccn1)[B-]12OC(=O)[C@H]3CNC[C@@H](C(=O)O1)[N+]32C. The van der Waals surface area contributed by atoms with Crippen molar-refractivity contribution >= 4 is 30.3 Å². The van der Waals surface area contributed by atoms with Gasteiger partial charge in [0.15, 0.2) is 17.9 Å². The summed E-state index contributed by atoms with van der Waals surface area (Å²) in [5.74, 6) is -2.00. The Morgan fingerprint density at radius 2 is 1.77 bits per heavy atom. The number of likely N-dealkylation sites (N-methyl/N-ethyl adjacent to an activating group) is 1. The lowest BCUT2D eigenvalue weighted by molar-refractivity contribution is -0.846. The molecule has 6 atom stereocenters. The van der Waals surface area contributed by atoms with Crippen molar-refractivity contribution in [2.75, 3.05) is 20.1 Å². The highest BCUT2D eigenvalue weighted by atomic mass is 16.7. The zero-order valence-corrected chi connectivity index (χ0v) is 22.4. The molecule has 2 aromatic rings. The van der Waals surface area contributed by atoms with E-state index in [1.807, 2.05) is 51.2 Å². The first kappa shape index (κ1) is 27.0. The molecule has 11 nitrogen and oxygen atoms in total. The summed E-state index contributed by atoms with van der Waals surface area (Å²) in [5.41, 5.74) is 0.976. The van der Waals surface area contributed by atoms with Gasteiger partial charge in [-0.25, -0.2) is 14.6 Å². The van der Waals surface area contributed by atoms with E-state index in [-0.39, 0.29) is 34.6 Å². The molecule has 3 aliphatic heterocycles. The standard InChI is InChI=1S/C27H34BN5O6/c1-17(2)11-19(28-33(3)22(26(36)38-28)15-30-16-23(33)27(37)39-28)13-24(34)20(12-18-7-5-4-6-8-18)32-25(35)21-14-29-9-10-31-21/h4-10,14,17,19-20,22-23,30H,11-13,15-16H2,1-3H3,(H,32,35)/t19-,20+,22-,23+,28?,33?/m1/s1. The van der Waals surface area contributed by atoms with E-state index < -0.39 is 48.5 Å². The second kappa shape index (κ2) is 10.5. The first-order valence-electron chi connectivity index (χ1n) is 13.5. The van der Waals surface area contributed by atoms with Crippen molar-refractivity contribution in [1.82, 2.24) is 20.6 Å². The van der Waals surface area contributed by atoms with Gasteiger partial charge in [0.2, 0.25) is 0 Å². The van der Waals surface area contributed by atoms with E-state index in [2.05, 4.69) is 20.6 Å². The molecule has 206 valence electrons. The molecular weight excluding hydrogens is 501 g/mol. The second-order valence-corrected chi connectivity index (χ2v) is 11.4. The Kier molecular flexibility index (Phi) is 7.26. The largest absolute Gasteiger partial charge is 0.600 e. The number of nitrogens with zero attached hydrogens (tertiary/aromatic N) is 3. The number of amides is 1. The molecule has 39 heavy (non-hydrogen) atoms. The van der Waals surface area contributed by atoms with Crippen LogP contribution in [0.2, 0.25) is 5.82 Å². The van der Waals surface area contributed by atoms with E-state index in [0.29, 0.717) is 19.5 Å². The third kappa shape index (κ3) is 4.72. The number of hydrogen-bond acceptors (Lipinski definition) is 9. The van der Waals surface area contributed by atoms with Gasteiger partial charge in [-0.05, 0) is 30.1 Å². The van der Waals surface area contributed by atoms with Gasteiger partial charge in [0, 0.05) is 19.4 Å². The predicted molar refractivity (Wildman–Crippen MR) is 141 cm³/mol. The Balaban J connectivity index is 1.46. The van der Waals surface area contributed by atoms with Crippen molar-refractivity contribution in [2.24, 2.45) is 5.92 Å². The summed E-state index contributed by atoms with van der Waals surface area (Å²) >= 11 is 0. The summed E-state index contributed by atoms with van der Waals surface area (Å²) in [4.78, 5) is 61.2. The predicted octanol–water partition coefficient (Wildman–Crippen LogP) is 1.03. The third-order valence-electron chi connectivity index (χ3n) is 8.51. The van der Waals surface area contributed by atoms with E-state index in [9.17, 15) is 19.2 Å². The fourth-order valence-corrected chi connectivity index (χ4v) is 6.63. The molecule has 2 unspecified atom stereocenters. The number of Topliss-reactive ketones (excluding diaryl/α,β-unsaturated/α-hetero) is 1. The Morgan fingerprint density at radius 3 is 2.36 bits per heavy atom. The van der Waals surface area contributed by atoms with Crippen molar-refractivity contribution in [3.05, 3.63) is 60.2 Å². The molecule has 0 bridgehead atoms. The van der Waals surface area contributed by atoms with Crippen LogP contribution in [0.25, 0.3) is 0 Å². The average molecular weight is 535 g/mol. The highest BCUT2D eigenvalue weighted by Crippen LogP contribution is 2.51. The van der Waals surface area contributed by atoms with Crippen molar-refractivity contribution < 1.29 is 32.9 Å². The van der Waals surface area contributed by atoms with Crippen LogP contribution in [0.15, 0.2) is 48.9 Å². The molecule has 0 aliphatic carbocycles. The topological polar surface area (TPSA) is 137 Å². The number of carbonyl (C=O) groups is 4. The number of ketones is 1. The molecule has 12 heteroatoms. The van der Waals surface area contributed by atoms with Crippen LogP contribution < -0.4 is 10.6 Å². The zero-order chi connectivity index (χ0) is 27.8. The molecule has 0 spiro atoms. The van der Waals surface area contributed by atoms with Gasteiger partial charge in [-0.2, -0.15) is 0 Å². The molecule has 3 aliphatic rings. The number of aromatic nitrogens is 2. The van der Waals surface area contributed by atoms with Gasteiger partial charge >= 0.3 is 18.6 Å². The van der Waals surface area contributed by atoms with Crippen LogP contribution in [-0.4, -0.2) is 82.9 Å². The lowest BCUT2D eigenvalue weighted by atomic mass is 9.51. The van der Waals surface area contributed by atoms with Gasteiger partial charge in [0.05, 0.1) is 25.3 Å². The number of carbonyl (C=O) groups excluding carboxylic acids is 4. The summed E-state index contributed by atoms with van der Waals surface area (Å²) < 4.78 is 12.1. The average Bonchev–Trinajstić information content (AvgIpc) is 3.28. The summed E-state index contributed by atoms with van der Waals surface area (Å²) in [7, 11) is 1.85. The Morgan fingerprint density at radius 1 is 1.10 bits per heavy atom. The number of hydrogen-bond donors (Lipinski definition) is 2. The molecule has 5 rings (SSSR count). The maximum Gasteiger partial charge on any atom is 0.587 e. The monoisotopic (exact) mass is 535 g/mol. The zero-order valence-electron chi connectivity index (χ0n) is 22.4. The fourth-order valence-electron chi connectivity index (χ4n) is 6.63. The van der Waals surface area contributed by atoms with Crippen molar-refractivity contribution in [1.29, 1.82) is 0 Å². The van der Waals surface area contributed by atoms with Gasteiger partial charge in [0.25, 0.3) is 5.91 Å². The third-order valence-corrected chi connectivity index (χ3v) is 8.51. The first-order chi connectivity index (χ1) is 18.7. The van der Waals surface area contributed by atoms with E-state index >= 15 is 0 Å². The van der Waals surface area contributed by atoms with Crippen LogP contribution in [0.1, 0.15) is 42.7 Å². The Bertz CT molecular complexity index is 1230. The smallest absolute Gasteiger partial charge is 0.587 e. The molecule has 0 saturated carbocycles. The molecule has 1 aromatic heterocycles. The minimum absolute atomic E-state index is 0.0301. The molecule has 3 fully saturated rings. The van der Waals surface area contributed by atoms with Crippen LogP contribution in [0, 0.1) is 5.92 Å². The quantitative estimate of drug-likeness (QED) is 0.428. The first-order valence-corrected chi connectivity index (χ1v) is 13.5. The Hall–Kier alpha value is -3.64. The molecule has 1 aromatic carbocycles. The number of rotatable bonds is 10. The normalized spacial score (nSPS) is 28.8. The highest BCUT2D eigenvalue weighted by Gasteiger charge is 2.76. The van der Waals surface area contributed by atoms with Gasteiger partial charge in [-0.3, -0.25) is 14.6 Å². The van der Waals surface area contributed by atoms with Crippen molar-refractivity contribution in [3.8, 4) is 0 Å². The lowest BCUT2D eigenvalue weighted by Gasteiger charge is -2.52. The van der Waals surface area contributed by atoms with E-state index in [1.54, 1.807) is 0 Å². The summed E-state index contributed by atoms with van der Waals surface area (Å²) in [6.07, 6.45) is 4.96. The summed E-state index contributed by atoms with van der Waals surface area (Å²) in [6, 6.07) is 7.36. The maximum absolute atomic E-state index is 14.0. The molecule has 1 amide bonds. The van der Waals surface area contributed by atoms with Crippen LogP contribution in [0.3, 0.4) is 0 Å². The fraction of sp³-hybridized carbons (Fsp3) is 0.481. The molecular formula is C27H34BN5O6. The maximum atomic E-state index is 14.0.